The van der Waals surface area contributed by atoms with E-state index < -0.39 is 73.7 Å². The smallest absolute Gasteiger partial charge is 0.393 e. The molecule has 3 rings (SSSR count). The van der Waals surface area contributed by atoms with Crippen LogP contribution in [0.1, 0.15) is 99.5 Å². The average Bonchev–Trinajstić information content (AvgIpc) is 3.28. The molecule has 0 heterocycles. The fourth-order valence-corrected chi connectivity index (χ4v) is 7.17. The Kier molecular flexibility index (Phi) is 8.00. The van der Waals surface area contributed by atoms with E-state index in [1.54, 1.807) is 6.08 Å². The minimum Gasteiger partial charge on any atom is -0.393 e. The van der Waals surface area contributed by atoms with Gasteiger partial charge in [-0.1, -0.05) is 43.6 Å². The molecule has 0 radical (unpaired) electrons. The molecule has 3 aliphatic carbocycles. The normalized spacial score (nSPS) is 34.8. The average molecular weight is 615 g/mol. The van der Waals surface area contributed by atoms with Crippen LogP contribution in [0.3, 0.4) is 0 Å². The lowest BCUT2D eigenvalue weighted by molar-refractivity contribution is -0.343. The highest BCUT2D eigenvalue weighted by Crippen LogP contribution is 2.60. The van der Waals surface area contributed by atoms with E-state index in [4.69, 9.17) is 8.22 Å². The molecule has 3 aliphatic rings. The summed E-state index contributed by atoms with van der Waals surface area (Å²) in [6, 6.07) is 0. The summed E-state index contributed by atoms with van der Waals surface area (Å²) in [6.45, 7) is -0.868. The lowest BCUT2D eigenvalue weighted by atomic mass is 9.60. The number of rotatable bonds is 7. The Morgan fingerprint density at radius 2 is 1.79 bits per heavy atom. The molecular formula is C32H43F7O3. The SMILES string of the molecule is [2H]C([2H])([2H])C(O)(CCC[C@@H](CC#CC(O)(C(F)(F)F)C(F)(F)F)[C@H]1CC[C@H]2/C(=C/C=C3/C[C@@H](O)C[C@H](F)C3=C)CCC[C@]12C)C([2H])([2H])[2H]. The summed E-state index contributed by atoms with van der Waals surface area (Å²) in [7, 11) is 0. The first-order valence-corrected chi connectivity index (χ1v) is 14.2. The molecule has 0 aromatic heterocycles. The van der Waals surface area contributed by atoms with Gasteiger partial charge in [0.05, 0.1) is 11.7 Å². The molecule has 10 heteroatoms. The quantitative estimate of drug-likeness (QED) is 0.202. The van der Waals surface area contributed by atoms with Crippen LogP contribution in [0, 0.1) is 35.0 Å². The summed E-state index contributed by atoms with van der Waals surface area (Å²) in [4.78, 5) is 0. The van der Waals surface area contributed by atoms with Gasteiger partial charge in [-0.05, 0) is 105 Å². The maximum absolute atomic E-state index is 14.3. The molecule has 3 saturated carbocycles. The lowest BCUT2D eigenvalue weighted by Crippen LogP contribution is -2.55. The summed E-state index contributed by atoms with van der Waals surface area (Å²) >= 11 is 0. The van der Waals surface area contributed by atoms with E-state index in [-0.39, 0.29) is 43.1 Å². The number of fused-ring (bicyclic) bond motifs is 1. The number of aliphatic hydroxyl groups is 3. The van der Waals surface area contributed by atoms with Crippen molar-refractivity contribution in [1.29, 1.82) is 0 Å². The summed E-state index contributed by atoms with van der Waals surface area (Å²) < 4.78 is 140. The Labute approximate surface area is 252 Å². The minimum absolute atomic E-state index is 0.0428. The number of allylic oxidation sites excluding steroid dienone is 4. The molecule has 238 valence electrons. The molecule has 0 amide bonds. The molecule has 3 nitrogen and oxygen atoms in total. The van der Waals surface area contributed by atoms with Crippen molar-refractivity contribution in [3.63, 3.8) is 0 Å². The molecule has 42 heavy (non-hydrogen) atoms. The van der Waals surface area contributed by atoms with Crippen molar-refractivity contribution < 1.29 is 54.3 Å². The van der Waals surface area contributed by atoms with Crippen molar-refractivity contribution >= 4 is 0 Å². The van der Waals surface area contributed by atoms with Crippen LogP contribution in [-0.4, -0.2) is 51.1 Å². The zero-order valence-corrected chi connectivity index (χ0v) is 23.5. The monoisotopic (exact) mass is 614 g/mol. The number of aliphatic hydroxyl groups excluding tert-OH is 1. The van der Waals surface area contributed by atoms with Crippen molar-refractivity contribution in [2.45, 2.75) is 127 Å². The van der Waals surface area contributed by atoms with Crippen molar-refractivity contribution in [2.24, 2.45) is 23.2 Å². The fourth-order valence-electron chi connectivity index (χ4n) is 7.17. The molecule has 6 atom stereocenters. The Balaban J connectivity index is 1.97. The van der Waals surface area contributed by atoms with Gasteiger partial charge in [0.25, 0.3) is 0 Å². The summed E-state index contributed by atoms with van der Waals surface area (Å²) in [5.41, 5.74) is -7.05. The molecule has 0 spiro atoms. The largest absolute Gasteiger partial charge is 0.438 e. The second-order valence-electron chi connectivity index (χ2n) is 12.3. The molecule has 0 aromatic carbocycles. The molecule has 0 aliphatic heterocycles. The van der Waals surface area contributed by atoms with E-state index in [0.717, 1.165) is 11.5 Å². The van der Waals surface area contributed by atoms with Crippen LogP contribution in [0.5, 0.6) is 0 Å². The van der Waals surface area contributed by atoms with Crippen molar-refractivity contribution in [3.05, 3.63) is 35.5 Å². The van der Waals surface area contributed by atoms with Crippen LogP contribution in [0.15, 0.2) is 35.5 Å². The van der Waals surface area contributed by atoms with Crippen LogP contribution in [0.4, 0.5) is 30.7 Å². The Morgan fingerprint density at radius 1 is 1.12 bits per heavy atom. The Bertz CT molecular complexity index is 1280. The van der Waals surface area contributed by atoms with E-state index in [0.29, 0.717) is 37.7 Å². The first-order valence-electron chi connectivity index (χ1n) is 17.2. The second-order valence-corrected chi connectivity index (χ2v) is 12.3. The third kappa shape index (κ3) is 7.62. The summed E-state index contributed by atoms with van der Waals surface area (Å²) in [5.74, 6) is 1.74. The van der Waals surface area contributed by atoms with E-state index >= 15 is 0 Å². The van der Waals surface area contributed by atoms with Gasteiger partial charge in [0.15, 0.2) is 0 Å². The van der Waals surface area contributed by atoms with Gasteiger partial charge in [-0.15, -0.1) is 0 Å². The van der Waals surface area contributed by atoms with E-state index in [9.17, 15) is 46.1 Å². The zero-order valence-electron chi connectivity index (χ0n) is 29.5. The number of alkyl halides is 7. The van der Waals surface area contributed by atoms with Gasteiger partial charge in [-0.2, -0.15) is 26.3 Å². The molecule has 3 fully saturated rings. The van der Waals surface area contributed by atoms with Crippen LogP contribution in [0.2, 0.25) is 0 Å². The van der Waals surface area contributed by atoms with Crippen LogP contribution in [0.25, 0.3) is 0 Å². The molecule has 0 unspecified atom stereocenters. The molecular weight excluding hydrogens is 565 g/mol. The first-order chi connectivity index (χ1) is 21.7. The third-order valence-corrected chi connectivity index (χ3v) is 9.40. The Hall–Kier alpha value is -1.83. The highest BCUT2D eigenvalue weighted by Gasteiger charge is 2.70. The molecule has 0 aromatic rings. The van der Waals surface area contributed by atoms with Gasteiger partial charge in [0.1, 0.15) is 6.17 Å². The van der Waals surface area contributed by atoms with E-state index in [2.05, 4.69) is 6.58 Å². The number of hydrogen-bond acceptors (Lipinski definition) is 3. The summed E-state index contributed by atoms with van der Waals surface area (Å²) in [5, 5.41) is 30.3. The second kappa shape index (κ2) is 12.6. The van der Waals surface area contributed by atoms with Crippen LogP contribution < -0.4 is 0 Å². The van der Waals surface area contributed by atoms with Crippen molar-refractivity contribution in [1.82, 2.24) is 0 Å². The third-order valence-electron chi connectivity index (χ3n) is 9.40. The first kappa shape index (κ1) is 26.6. The highest BCUT2D eigenvalue weighted by molar-refractivity contribution is 5.39. The zero-order chi connectivity index (χ0) is 36.7. The van der Waals surface area contributed by atoms with Gasteiger partial charge in [-0.25, -0.2) is 4.39 Å². The number of halogens is 7. The molecule has 0 saturated heterocycles. The van der Waals surface area contributed by atoms with Gasteiger partial charge < -0.3 is 15.3 Å². The predicted molar refractivity (Wildman–Crippen MR) is 147 cm³/mol. The standard InChI is InChI=1S/C32H43F7O3/c1-20-23(18-24(40)19-27(20)33)12-11-22-9-6-16-29(4)25(13-14-26(22)29)21(8-5-15-28(2,3)41)10-7-17-30(42,31(34,35)36)32(37,38)39/h11-12,21,24-27,40-42H,1,5-6,8-10,13-16,18-19H2,2-4H3/b22-11+,23-12-/t21-,24+,25+,26-,27-,29+/m0/s1/i2D3,3D3. The van der Waals surface area contributed by atoms with Crippen molar-refractivity contribution in [2.75, 3.05) is 0 Å². The van der Waals surface area contributed by atoms with Crippen LogP contribution in [-0.2, 0) is 0 Å². The number of hydrogen-bond donors (Lipinski definition) is 3. The predicted octanol–water partition coefficient (Wildman–Crippen LogP) is 7.91. The topological polar surface area (TPSA) is 60.7 Å². The van der Waals surface area contributed by atoms with Crippen LogP contribution >= 0.6 is 0 Å². The maximum atomic E-state index is 14.3. The van der Waals surface area contributed by atoms with E-state index in [1.165, 1.54) is 0 Å². The minimum atomic E-state index is -6.15. The summed E-state index contributed by atoms with van der Waals surface area (Å²) in [6.07, 6.45) is -9.24. The van der Waals surface area contributed by atoms with Gasteiger partial charge in [-0.3, -0.25) is 0 Å². The maximum Gasteiger partial charge on any atom is 0.438 e. The van der Waals surface area contributed by atoms with Gasteiger partial charge in [0.2, 0.25) is 0 Å². The molecule has 3 N–H and O–H groups in total. The molecule has 0 bridgehead atoms. The van der Waals surface area contributed by atoms with Crippen molar-refractivity contribution in [3.8, 4) is 11.8 Å². The van der Waals surface area contributed by atoms with E-state index in [1.807, 2.05) is 18.9 Å². The lowest BCUT2D eigenvalue weighted by Gasteiger charge is -2.45. The van der Waals surface area contributed by atoms with Gasteiger partial charge >= 0.3 is 18.0 Å². The Morgan fingerprint density at radius 3 is 2.40 bits per heavy atom. The van der Waals surface area contributed by atoms with Gasteiger partial charge in [0, 0.05) is 21.1 Å². The highest BCUT2D eigenvalue weighted by atomic mass is 19.4. The fraction of sp³-hybridized carbons (Fsp3) is 0.750.